The van der Waals surface area contributed by atoms with Gasteiger partial charge in [0.15, 0.2) is 5.76 Å². The predicted octanol–water partition coefficient (Wildman–Crippen LogP) is 3.27. The molecule has 6 heteroatoms. The molecule has 0 saturated heterocycles. The Morgan fingerprint density at radius 1 is 1.50 bits per heavy atom. The van der Waals surface area contributed by atoms with Crippen molar-refractivity contribution in [2.45, 2.75) is 13.0 Å². The van der Waals surface area contributed by atoms with Gasteiger partial charge in [-0.15, -0.1) is 24.5 Å². The average molecular weight is 318 g/mol. The largest absolute Gasteiger partial charge is 0.385 e. The number of carbonyl (C=O) groups excluding carboxylic acids is 1. The van der Waals surface area contributed by atoms with E-state index >= 15 is 0 Å². The SMILES string of the molecule is C=CCN(CC=C)C(=O)c1c(-c2cccs2)noc1C(C)O. The minimum absolute atomic E-state index is 0.173. The molecule has 1 N–H and O–H groups in total. The summed E-state index contributed by atoms with van der Waals surface area (Å²) in [6.07, 6.45) is 2.36. The quantitative estimate of drug-likeness (QED) is 0.796. The van der Waals surface area contributed by atoms with E-state index in [1.165, 1.54) is 11.3 Å². The van der Waals surface area contributed by atoms with Crippen LogP contribution in [-0.4, -0.2) is 34.2 Å². The number of hydrogen-bond acceptors (Lipinski definition) is 5. The van der Waals surface area contributed by atoms with Crippen LogP contribution in [0.5, 0.6) is 0 Å². The highest BCUT2D eigenvalue weighted by atomic mass is 32.1. The van der Waals surface area contributed by atoms with Gasteiger partial charge in [-0.1, -0.05) is 23.4 Å². The van der Waals surface area contributed by atoms with E-state index in [0.717, 1.165) is 4.88 Å². The molecule has 0 aliphatic rings. The lowest BCUT2D eigenvalue weighted by molar-refractivity contribution is 0.0779. The van der Waals surface area contributed by atoms with Gasteiger partial charge in [0, 0.05) is 13.1 Å². The van der Waals surface area contributed by atoms with E-state index < -0.39 is 6.10 Å². The van der Waals surface area contributed by atoms with E-state index in [2.05, 4.69) is 18.3 Å². The fourth-order valence-electron chi connectivity index (χ4n) is 2.09. The molecular weight excluding hydrogens is 300 g/mol. The first-order chi connectivity index (χ1) is 10.6. The molecule has 2 aromatic rings. The lowest BCUT2D eigenvalue weighted by atomic mass is 10.1. The minimum Gasteiger partial charge on any atom is -0.385 e. The molecule has 5 nitrogen and oxygen atoms in total. The van der Waals surface area contributed by atoms with Crippen LogP contribution in [0.1, 0.15) is 29.1 Å². The summed E-state index contributed by atoms with van der Waals surface area (Å²) in [7, 11) is 0. The number of amides is 1. The van der Waals surface area contributed by atoms with E-state index in [1.54, 1.807) is 24.0 Å². The second-order valence-electron chi connectivity index (χ2n) is 4.71. The van der Waals surface area contributed by atoms with Crippen LogP contribution in [0.3, 0.4) is 0 Å². The summed E-state index contributed by atoms with van der Waals surface area (Å²) in [5, 5.41) is 15.7. The fraction of sp³-hybridized carbons (Fsp3) is 0.250. The maximum atomic E-state index is 12.9. The molecule has 22 heavy (non-hydrogen) atoms. The van der Waals surface area contributed by atoms with Crippen molar-refractivity contribution in [3.8, 4) is 10.6 Å². The van der Waals surface area contributed by atoms with Crippen LogP contribution in [0.25, 0.3) is 10.6 Å². The number of aromatic nitrogens is 1. The molecule has 1 amide bonds. The van der Waals surface area contributed by atoms with Crippen molar-refractivity contribution >= 4 is 17.2 Å². The van der Waals surface area contributed by atoms with E-state index in [9.17, 15) is 9.90 Å². The van der Waals surface area contributed by atoms with Gasteiger partial charge in [0.2, 0.25) is 0 Å². The Labute approximate surface area is 133 Å². The number of hydrogen-bond donors (Lipinski definition) is 1. The van der Waals surface area contributed by atoms with Crippen molar-refractivity contribution in [1.82, 2.24) is 10.1 Å². The molecule has 0 aliphatic carbocycles. The van der Waals surface area contributed by atoms with Gasteiger partial charge in [-0.2, -0.15) is 0 Å². The Balaban J connectivity index is 2.50. The minimum atomic E-state index is -0.922. The molecule has 0 saturated carbocycles. The summed E-state index contributed by atoms with van der Waals surface area (Å²) < 4.78 is 5.22. The van der Waals surface area contributed by atoms with Gasteiger partial charge in [-0.25, -0.2) is 0 Å². The molecule has 1 atom stereocenters. The number of thiophene rings is 1. The normalized spacial score (nSPS) is 11.9. The van der Waals surface area contributed by atoms with Gasteiger partial charge in [0.05, 0.1) is 4.88 Å². The van der Waals surface area contributed by atoms with Crippen molar-refractivity contribution in [3.05, 3.63) is 54.1 Å². The summed E-state index contributed by atoms with van der Waals surface area (Å²) in [6, 6.07) is 3.73. The molecule has 0 aliphatic heterocycles. The Morgan fingerprint density at radius 3 is 2.68 bits per heavy atom. The number of nitrogens with zero attached hydrogens (tertiary/aromatic N) is 2. The summed E-state index contributed by atoms with van der Waals surface area (Å²) in [4.78, 5) is 15.2. The lowest BCUT2D eigenvalue weighted by Crippen LogP contribution is -2.32. The third-order valence-electron chi connectivity index (χ3n) is 3.05. The van der Waals surface area contributed by atoms with Crippen molar-refractivity contribution in [3.63, 3.8) is 0 Å². The van der Waals surface area contributed by atoms with Crippen LogP contribution in [0.2, 0.25) is 0 Å². The van der Waals surface area contributed by atoms with Crippen molar-refractivity contribution in [1.29, 1.82) is 0 Å². The zero-order chi connectivity index (χ0) is 16.1. The van der Waals surface area contributed by atoms with E-state index in [1.807, 2.05) is 17.5 Å². The molecule has 0 aromatic carbocycles. The fourth-order valence-corrected chi connectivity index (χ4v) is 2.80. The van der Waals surface area contributed by atoms with Crippen LogP contribution in [0, 0.1) is 0 Å². The second kappa shape index (κ2) is 7.20. The van der Waals surface area contributed by atoms with Crippen LogP contribution >= 0.6 is 11.3 Å². The first-order valence-corrected chi connectivity index (χ1v) is 7.70. The summed E-state index contributed by atoms with van der Waals surface area (Å²) >= 11 is 1.46. The summed E-state index contributed by atoms with van der Waals surface area (Å²) in [5.74, 6) is -0.0909. The zero-order valence-corrected chi connectivity index (χ0v) is 13.2. The van der Waals surface area contributed by atoms with Crippen LogP contribution in [0.4, 0.5) is 0 Å². The molecular formula is C16H18N2O3S. The van der Waals surface area contributed by atoms with Gasteiger partial charge in [-0.3, -0.25) is 4.79 Å². The number of carbonyl (C=O) groups is 1. The summed E-state index contributed by atoms with van der Waals surface area (Å²) in [5.41, 5.74) is 0.746. The van der Waals surface area contributed by atoms with E-state index in [-0.39, 0.29) is 11.7 Å². The molecule has 0 fully saturated rings. The number of aliphatic hydroxyl groups excluding tert-OH is 1. The van der Waals surface area contributed by atoms with Gasteiger partial charge < -0.3 is 14.5 Å². The maximum absolute atomic E-state index is 12.9. The molecule has 1 unspecified atom stereocenters. The van der Waals surface area contributed by atoms with Crippen LogP contribution in [-0.2, 0) is 0 Å². The Kier molecular flexibility index (Phi) is 5.30. The first-order valence-electron chi connectivity index (χ1n) is 6.82. The van der Waals surface area contributed by atoms with Crippen LogP contribution < -0.4 is 0 Å². The molecule has 2 heterocycles. The maximum Gasteiger partial charge on any atom is 0.260 e. The van der Waals surface area contributed by atoms with Gasteiger partial charge in [-0.05, 0) is 18.4 Å². The van der Waals surface area contributed by atoms with Crippen molar-refractivity contribution < 1.29 is 14.4 Å². The van der Waals surface area contributed by atoms with E-state index in [0.29, 0.717) is 24.3 Å². The lowest BCUT2D eigenvalue weighted by Gasteiger charge is -2.19. The molecule has 116 valence electrons. The topological polar surface area (TPSA) is 66.6 Å². The number of rotatable bonds is 7. The highest BCUT2D eigenvalue weighted by molar-refractivity contribution is 7.13. The van der Waals surface area contributed by atoms with Crippen LogP contribution in [0.15, 0.2) is 47.3 Å². The monoisotopic (exact) mass is 318 g/mol. The Morgan fingerprint density at radius 2 is 2.18 bits per heavy atom. The van der Waals surface area contributed by atoms with Gasteiger partial charge in [0.1, 0.15) is 17.4 Å². The zero-order valence-electron chi connectivity index (χ0n) is 12.4. The van der Waals surface area contributed by atoms with Gasteiger partial charge >= 0.3 is 0 Å². The van der Waals surface area contributed by atoms with Gasteiger partial charge in [0.25, 0.3) is 5.91 Å². The average Bonchev–Trinajstić information content (AvgIpc) is 3.14. The standard InChI is InChI=1S/C16H18N2O3S/c1-4-8-18(9-5-2)16(20)13-14(12-7-6-10-22-12)17-21-15(13)11(3)19/h4-7,10-11,19H,1-2,8-9H2,3H3. The van der Waals surface area contributed by atoms with Crippen molar-refractivity contribution in [2.75, 3.05) is 13.1 Å². The molecule has 0 radical (unpaired) electrons. The van der Waals surface area contributed by atoms with E-state index in [4.69, 9.17) is 4.52 Å². The Hall–Kier alpha value is -2.18. The second-order valence-corrected chi connectivity index (χ2v) is 5.66. The Bertz CT molecular complexity index is 649. The third-order valence-corrected chi connectivity index (χ3v) is 3.93. The first kappa shape index (κ1) is 16.2. The van der Waals surface area contributed by atoms with Crippen molar-refractivity contribution in [2.24, 2.45) is 0 Å². The third kappa shape index (κ3) is 3.18. The molecule has 2 rings (SSSR count). The molecule has 0 bridgehead atoms. The molecule has 2 aromatic heterocycles. The summed E-state index contributed by atoms with van der Waals surface area (Å²) in [6.45, 7) is 9.61. The number of aliphatic hydroxyl groups is 1. The smallest absolute Gasteiger partial charge is 0.260 e. The predicted molar refractivity (Wildman–Crippen MR) is 86.7 cm³/mol. The molecule has 0 spiro atoms. The highest BCUT2D eigenvalue weighted by Gasteiger charge is 2.29. The highest BCUT2D eigenvalue weighted by Crippen LogP contribution is 2.32.